The summed E-state index contributed by atoms with van der Waals surface area (Å²) in [6.45, 7) is 5.62. The molecule has 0 heterocycles. The van der Waals surface area contributed by atoms with E-state index in [1.807, 2.05) is 6.07 Å². The number of carbonyl (C=O) groups is 1. The highest BCUT2D eigenvalue weighted by atomic mass is 19.1. The van der Waals surface area contributed by atoms with E-state index in [0.29, 0.717) is 25.1 Å². The summed E-state index contributed by atoms with van der Waals surface area (Å²) in [5.74, 6) is -0.980. The van der Waals surface area contributed by atoms with E-state index in [1.165, 1.54) is 6.07 Å². The van der Waals surface area contributed by atoms with Gasteiger partial charge in [0.15, 0.2) is 0 Å². The first-order valence-corrected chi connectivity index (χ1v) is 6.42. The van der Waals surface area contributed by atoms with Crippen molar-refractivity contribution in [2.45, 2.75) is 25.8 Å². The van der Waals surface area contributed by atoms with Crippen molar-refractivity contribution in [1.82, 2.24) is 4.90 Å². The fourth-order valence-electron chi connectivity index (χ4n) is 1.90. The number of benzene rings is 1. The molecule has 0 saturated heterocycles. The molecular weight excluding hydrogens is 245 g/mol. The van der Waals surface area contributed by atoms with Crippen LogP contribution >= 0.6 is 0 Å². The number of nitrogens with zero attached hydrogens (tertiary/aromatic N) is 1. The third-order valence-electron chi connectivity index (χ3n) is 2.85. The lowest BCUT2D eigenvalue weighted by atomic mass is 10.1. The molecule has 0 fully saturated rings. The lowest BCUT2D eigenvalue weighted by Gasteiger charge is -2.20. The van der Waals surface area contributed by atoms with E-state index in [1.54, 1.807) is 18.2 Å². The Kier molecular flexibility index (Phi) is 6.82. The summed E-state index contributed by atoms with van der Waals surface area (Å²) >= 11 is 0. The summed E-state index contributed by atoms with van der Waals surface area (Å²) in [6, 6.07) is 6.70. The normalized spacial score (nSPS) is 10.6. The molecule has 1 N–H and O–H groups in total. The Balaban J connectivity index is 2.46. The molecule has 1 rings (SSSR count). The van der Waals surface area contributed by atoms with E-state index in [0.717, 1.165) is 13.0 Å². The summed E-state index contributed by atoms with van der Waals surface area (Å²) in [4.78, 5) is 12.5. The predicted octanol–water partition coefficient (Wildman–Crippen LogP) is 3.07. The second-order valence-electron chi connectivity index (χ2n) is 4.47. The van der Waals surface area contributed by atoms with Crippen molar-refractivity contribution < 1.29 is 14.3 Å². The van der Waals surface area contributed by atoms with Gasteiger partial charge in [-0.1, -0.05) is 24.3 Å². The number of carboxylic acid groups (broad SMARTS) is 1. The highest BCUT2D eigenvalue weighted by Gasteiger charge is 2.08. The lowest BCUT2D eigenvalue weighted by molar-refractivity contribution is -0.137. The number of aliphatic carboxylic acids is 1. The van der Waals surface area contributed by atoms with E-state index in [4.69, 9.17) is 5.11 Å². The molecule has 1 aromatic carbocycles. The fourth-order valence-corrected chi connectivity index (χ4v) is 1.90. The molecule has 0 atom stereocenters. The molecule has 0 spiro atoms. The van der Waals surface area contributed by atoms with Gasteiger partial charge in [-0.3, -0.25) is 9.69 Å². The van der Waals surface area contributed by atoms with Crippen LogP contribution in [0.15, 0.2) is 36.9 Å². The minimum Gasteiger partial charge on any atom is -0.481 e. The quantitative estimate of drug-likeness (QED) is 0.551. The zero-order valence-corrected chi connectivity index (χ0v) is 11.0. The Morgan fingerprint density at radius 3 is 2.74 bits per heavy atom. The molecule has 3 nitrogen and oxygen atoms in total. The van der Waals surface area contributed by atoms with Gasteiger partial charge in [0.05, 0.1) is 0 Å². The first kappa shape index (κ1) is 15.4. The Morgan fingerprint density at radius 1 is 1.37 bits per heavy atom. The van der Waals surface area contributed by atoms with Crippen LogP contribution in [-0.4, -0.2) is 29.1 Å². The Morgan fingerprint density at radius 2 is 2.11 bits per heavy atom. The van der Waals surface area contributed by atoms with Crippen molar-refractivity contribution >= 4 is 5.97 Å². The molecule has 0 aliphatic heterocycles. The number of carboxylic acids is 1. The van der Waals surface area contributed by atoms with Crippen molar-refractivity contribution in [3.8, 4) is 0 Å². The first-order chi connectivity index (χ1) is 9.13. The number of unbranched alkanes of at least 4 members (excludes halogenated alkanes) is 1. The molecule has 0 radical (unpaired) electrons. The molecule has 0 amide bonds. The zero-order valence-electron chi connectivity index (χ0n) is 11.0. The van der Waals surface area contributed by atoms with Gasteiger partial charge in [0, 0.05) is 25.1 Å². The van der Waals surface area contributed by atoms with Crippen LogP contribution in [0, 0.1) is 5.82 Å². The molecule has 0 unspecified atom stereocenters. The van der Waals surface area contributed by atoms with Crippen LogP contribution in [0.2, 0.25) is 0 Å². The minimum atomic E-state index is -0.774. The highest BCUT2D eigenvalue weighted by molar-refractivity contribution is 5.66. The summed E-state index contributed by atoms with van der Waals surface area (Å²) in [6.07, 6.45) is 3.38. The summed E-state index contributed by atoms with van der Waals surface area (Å²) in [5.41, 5.74) is 0.655. The third-order valence-corrected chi connectivity index (χ3v) is 2.85. The van der Waals surface area contributed by atoms with Gasteiger partial charge >= 0.3 is 5.97 Å². The van der Waals surface area contributed by atoms with Crippen LogP contribution in [0.5, 0.6) is 0 Å². The molecule has 0 aromatic heterocycles. The minimum absolute atomic E-state index is 0.182. The number of hydrogen-bond acceptors (Lipinski definition) is 2. The standard InChI is InChI=1S/C15H20FNO2/c1-2-10-17(11-6-5-9-15(18)19)12-13-7-3-4-8-14(13)16/h2-4,7-8H,1,5-6,9-12H2,(H,18,19). The average Bonchev–Trinajstić information content (AvgIpc) is 2.37. The maximum Gasteiger partial charge on any atom is 0.303 e. The summed E-state index contributed by atoms with van der Waals surface area (Å²) in [7, 11) is 0. The van der Waals surface area contributed by atoms with Crippen LogP contribution < -0.4 is 0 Å². The number of halogens is 1. The number of rotatable bonds is 9. The summed E-state index contributed by atoms with van der Waals surface area (Å²) in [5, 5.41) is 8.57. The summed E-state index contributed by atoms with van der Waals surface area (Å²) < 4.78 is 13.6. The first-order valence-electron chi connectivity index (χ1n) is 6.42. The van der Waals surface area contributed by atoms with Gasteiger partial charge in [-0.15, -0.1) is 6.58 Å². The Labute approximate surface area is 113 Å². The van der Waals surface area contributed by atoms with E-state index < -0.39 is 5.97 Å². The van der Waals surface area contributed by atoms with Crippen molar-refractivity contribution in [3.63, 3.8) is 0 Å². The molecule has 0 saturated carbocycles. The van der Waals surface area contributed by atoms with Crippen molar-refractivity contribution in [2.24, 2.45) is 0 Å². The largest absolute Gasteiger partial charge is 0.481 e. The molecule has 104 valence electrons. The SMILES string of the molecule is C=CCN(CCCCC(=O)O)Cc1ccccc1F. The van der Waals surface area contributed by atoms with Gasteiger partial charge in [-0.05, 0) is 25.5 Å². The maximum atomic E-state index is 13.6. The Hall–Kier alpha value is -1.68. The van der Waals surface area contributed by atoms with Gasteiger partial charge in [0.1, 0.15) is 5.82 Å². The molecule has 4 heteroatoms. The molecule has 0 aliphatic rings. The van der Waals surface area contributed by atoms with Crippen LogP contribution in [0.1, 0.15) is 24.8 Å². The Bertz CT molecular complexity index is 420. The molecular formula is C15H20FNO2. The third kappa shape index (κ3) is 6.15. The monoisotopic (exact) mass is 265 g/mol. The highest BCUT2D eigenvalue weighted by Crippen LogP contribution is 2.11. The lowest BCUT2D eigenvalue weighted by Crippen LogP contribution is -2.25. The second kappa shape index (κ2) is 8.43. The zero-order chi connectivity index (χ0) is 14.1. The molecule has 0 bridgehead atoms. The molecule has 1 aromatic rings. The van der Waals surface area contributed by atoms with Crippen molar-refractivity contribution in [1.29, 1.82) is 0 Å². The fraction of sp³-hybridized carbons (Fsp3) is 0.400. The molecule has 0 aliphatic carbocycles. The van der Waals surface area contributed by atoms with Gasteiger partial charge in [-0.2, -0.15) is 0 Å². The average molecular weight is 265 g/mol. The van der Waals surface area contributed by atoms with Gasteiger partial charge in [-0.25, -0.2) is 4.39 Å². The smallest absolute Gasteiger partial charge is 0.303 e. The van der Waals surface area contributed by atoms with Crippen LogP contribution in [0.3, 0.4) is 0 Å². The van der Waals surface area contributed by atoms with Crippen LogP contribution in [0.4, 0.5) is 4.39 Å². The van der Waals surface area contributed by atoms with Gasteiger partial charge in [0.2, 0.25) is 0 Å². The van der Waals surface area contributed by atoms with Gasteiger partial charge < -0.3 is 5.11 Å². The van der Waals surface area contributed by atoms with E-state index in [2.05, 4.69) is 11.5 Å². The number of hydrogen-bond donors (Lipinski definition) is 1. The van der Waals surface area contributed by atoms with E-state index >= 15 is 0 Å². The van der Waals surface area contributed by atoms with Crippen LogP contribution in [-0.2, 0) is 11.3 Å². The maximum absolute atomic E-state index is 13.6. The second-order valence-corrected chi connectivity index (χ2v) is 4.47. The predicted molar refractivity (Wildman–Crippen MR) is 73.4 cm³/mol. The molecule has 19 heavy (non-hydrogen) atoms. The van der Waals surface area contributed by atoms with E-state index in [-0.39, 0.29) is 12.2 Å². The van der Waals surface area contributed by atoms with Crippen molar-refractivity contribution in [3.05, 3.63) is 48.3 Å². The van der Waals surface area contributed by atoms with E-state index in [9.17, 15) is 9.18 Å². The van der Waals surface area contributed by atoms with Gasteiger partial charge in [0.25, 0.3) is 0 Å². The topological polar surface area (TPSA) is 40.5 Å². The van der Waals surface area contributed by atoms with Crippen LogP contribution in [0.25, 0.3) is 0 Å². The van der Waals surface area contributed by atoms with Crippen molar-refractivity contribution in [2.75, 3.05) is 13.1 Å².